The molecule has 0 saturated heterocycles. The van der Waals surface area contributed by atoms with Crippen LogP contribution >= 0.6 is 0 Å². The van der Waals surface area contributed by atoms with Gasteiger partial charge in [-0.1, -0.05) is 0 Å². The summed E-state index contributed by atoms with van der Waals surface area (Å²) in [4.78, 5) is 20.0. The maximum absolute atomic E-state index is 13.7. The lowest BCUT2D eigenvalue weighted by Crippen LogP contribution is -2.20. The number of hydrogen-bond acceptors (Lipinski definition) is 5. The predicted octanol–water partition coefficient (Wildman–Crippen LogP) is 6.53. The topological polar surface area (TPSA) is 86.1 Å². The number of urea groups is 1. The molecule has 36 heavy (non-hydrogen) atoms. The van der Waals surface area contributed by atoms with Gasteiger partial charge in [0.1, 0.15) is 35.5 Å². The molecule has 0 spiro atoms. The molecular formula is C26H20F2N4O4. The third kappa shape index (κ3) is 5.84. The first-order valence-electron chi connectivity index (χ1n) is 10.7. The minimum absolute atomic E-state index is 0.149. The van der Waals surface area contributed by atoms with E-state index in [4.69, 9.17) is 20.8 Å². The zero-order valence-electron chi connectivity index (χ0n) is 19.0. The molecule has 0 radical (unpaired) electrons. The summed E-state index contributed by atoms with van der Waals surface area (Å²) in [6.07, 6.45) is 1.59. The number of carbonyl (C=O) groups is 1. The van der Waals surface area contributed by atoms with Crippen molar-refractivity contribution in [1.29, 1.82) is 0 Å². The number of anilines is 2. The Bertz CT molecular complexity index is 1440. The van der Waals surface area contributed by atoms with Gasteiger partial charge in [-0.05, 0) is 54.6 Å². The number of nitrogens with one attached hydrogen (secondary N) is 2. The minimum Gasteiger partial charge on any atom is -0.502 e. The number of hydrogen-bond donors (Lipinski definition) is 2. The molecule has 1 aromatic heterocycles. The molecule has 2 N–H and O–H groups in total. The number of methoxy groups -OCH3 is 1. The third-order valence-electron chi connectivity index (χ3n) is 4.97. The van der Waals surface area contributed by atoms with Gasteiger partial charge in [-0.25, -0.2) is 18.4 Å². The highest BCUT2D eigenvalue weighted by Crippen LogP contribution is 2.37. The molecule has 0 aliphatic heterocycles. The number of rotatable bonds is 8. The summed E-state index contributed by atoms with van der Waals surface area (Å²) in [6.45, 7) is 8.17. The van der Waals surface area contributed by atoms with Gasteiger partial charge in [-0.15, -0.1) is 0 Å². The highest BCUT2D eigenvalue weighted by Gasteiger charge is 2.12. The van der Waals surface area contributed by atoms with Crippen molar-refractivity contribution in [2.45, 2.75) is 0 Å². The molecule has 3 aromatic carbocycles. The number of fused-ring (bicyclic) bond motifs is 1. The van der Waals surface area contributed by atoms with Gasteiger partial charge in [-0.3, -0.25) is 4.98 Å². The zero-order valence-corrected chi connectivity index (χ0v) is 19.0. The summed E-state index contributed by atoms with van der Waals surface area (Å²) in [6, 6.07) is 13.7. The van der Waals surface area contributed by atoms with Gasteiger partial charge in [0.25, 0.3) is 0 Å². The average molecular weight is 490 g/mol. The van der Waals surface area contributed by atoms with Crippen LogP contribution in [0.15, 0.2) is 66.9 Å². The molecule has 1 heterocycles. The normalized spacial score (nSPS) is 10.5. The number of pyridine rings is 1. The van der Waals surface area contributed by atoms with E-state index in [2.05, 4.69) is 20.5 Å². The van der Waals surface area contributed by atoms with Crippen LogP contribution < -0.4 is 20.1 Å². The van der Waals surface area contributed by atoms with Gasteiger partial charge >= 0.3 is 6.03 Å². The second-order valence-electron chi connectivity index (χ2n) is 7.43. The molecule has 0 aliphatic rings. The van der Waals surface area contributed by atoms with Crippen molar-refractivity contribution in [2.24, 2.45) is 0 Å². The summed E-state index contributed by atoms with van der Waals surface area (Å²) in [5.74, 6) is -0.250. The van der Waals surface area contributed by atoms with Crippen LogP contribution in [0.2, 0.25) is 0 Å². The first-order valence-corrected chi connectivity index (χ1v) is 10.7. The van der Waals surface area contributed by atoms with Crippen molar-refractivity contribution in [3.8, 4) is 17.2 Å². The van der Waals surface area contributed by atoms with E-state index < -0.39 is 17.7 Å². The van der Waals surface area contributed by atoms with Crippen molar-refractivity contribution in [3.05, 3.63) is 89.9 Å². The standard InChI is InChI=1S/C26H20F2N4O4/c1-29-23-14-19-22(15-25(23)35-12-11-34-2)30-10-9-24(19)36-18-6-4-17(5-7-18)31-26(33)32-21-8-3-16(27)13-20(21)28/h3-10,13-15H,11-12H2,2H3,(H2,31,32,33). The van der Waals surface area contributed by atoms with Crippen LogP contribution in [0.4, 0.5) is 30.6 Å². The molecule has 0 unspecified atom stereocenters. The van der Waals surface area contributed by atoms with Crippen LogP contribution in [0, 0.1) is 18.2 Å². The van der Waals surface area contributed by atoms with Gasteiger partial charge in [0.05, 0.1) is 24.4 Å². The van der Waals surface area contributed by atoms with Crippen LogP contribution in [0.5, 0.6) is 17.2 Å². The number of benzene rings is 3. The van der Waals surface area contributed by atoms with Crippen molar-refractivity contribution in [1.82, 2.24) is 4.98 Å². The van der Waals surface area contributed by atoms with Gasteiger partial charge in [-0.2, -0.15) is 0 Å². The van der Waals surface area contributed by atoms with E-state index in [1.165, 1.54) is 0 Å². The van der Waals surface area contributed by atoms with Crippen LogP contribution in [0.3, 0.4) is 0 Å². The summed E-state index contributed by atoms with van der Waals surface area (Å²) in [7, 11) is 1.57. The van der Waals surface area contributed by atoms with Gasteiger partial charge in [0.2, 0.25) is 5.69 Å². The highest BCUT2D eigenvalue weighted by molar-refractivity contribution is 5.99. The fourth-order valence-electron chi connectivity index (χ4n) is 3.27. The van der Waals surface area contributed by atoms with Crippen LogP contribution in [0.1, 0.15) is 0 Å². The number of carbonyl (C=O) groups excluding carboxylic acids is 1. The summed E-state index contributed by atoms with van der Waals surface area (Å²) >= 11 is 0. The predicted molar refractivity (Wildman–Crippen MR) is 131 cm³/mol. The molecule has 0 bridgehead atoms. The van der Waals surface area contributed by atoms with E-state index >= 15 is 0 Å². The maximum Gasteiger partial charge on any atom is 0.323 e. The largest absolute Gasteiger partial charge is 0.502 e. The van der Waals surface area contributed by atoms with Gasteiger partial charge < -0.3 is 24.8 Å². The average Bonchev–Trinajstić information content (AvgIpc) is 2.87. The Morgan fingerprint density at radius 2 is 1.81 bits per heavy atom. The molecule has 0 aliphatic carbocycles. The fourth-order valence-corrected chi connectivity index (χ4v) is 3.27. The summed E-state index contributed by atoms with van der Waals surface area (Å²) in [5, 5.41) is 5.51. The Kier molecular flexibility index (Phi) is 7.53. The minimum atomic E-state index is -0.881. The Hall–Kier alpha value is -4.75. The van der Waals surface area contributed by atoms with Crippen molar-refractivity contribution in [2.75, 3.05) is 31.0 Å². The molecule has 0 saturated carbocycles. The number of nitrogens with zero attached hydrogens (tertiary/aromatic N) is 2. The number of halogens is 2. The van der Waals surface area contributed by atoms with Crippen LogP contribution in [0.25, 0.3) is 15.7 Å². The molecule has 4 rings (SSSR count). The number of ether oxygens (including phenoxy) is 3. The van der Waals surface area contributed by atoms with Crippen molar-refractivity contribution in [3.63, 3.8) is 0 Å². The second-order valence-corrected chi connectivity index (χ2v) is 7.43. The lowest BCUT2D eigenvalue weighted by Gasteiger charge is -2.13. The van der Waals surface area contributed by atoms with Gasteiger partial charge in [0, 0.05) is 30.4 Å². The van der Waals surface area contributed by atoms with Crippen LogP contribution in [-0.4, -0.2) is 31.3 Å². The van der Waals surface area contributed by atoms with Crippen LogP contribution in [-0.2, 0) is 4.74 Å². The van der Waals surface area contributed by atoms with Gasteiger partial charge in [0.15, 0.2) is 0 Å². The SMILES string of the molecule is [C-]#[N+]c1cc2c(Oc3ccc(NC(=O)Nc4ccc(F)cc4F)cc3)ccnc2cc1OCCOC. The lowest BCUT2D eigenvalue weighted by molar-refractivity contribution is 0.147. The monoisotopic (exact) mass is 490 g/mol. The molecule has 8 nitrogen and oxygen atoms in total. The maximum atomic E-state index is 13.7. The van der Waals surface area contributed by atoms with Crippen molar-refractivity contribution >= 4 is 34.0 Å². The Labute approximate surface area is 205 Å². The third-order valence-corrected chi connectivity index (χ3v) is 4.97. The summed E-state index contributed by atoms with van der Waals surface area (Å²) in [5.41, 5.74) is 1.19. The molecule has 0 atom stereocenters. The molecule has 0 fully saturated rings. The quantitative estimate of drug-likeness (QED) is 0.217. The highest BCUT2D eigenvalue weighted by atomic mass is 19.1. The smallest absolute Gasteiger partial charge is 0.323 e. The molecule has 2 amide bonds. The number of amides is 2. The number of aromatic nitrogens is 1. The lowest BCUT2D eigenvalue weighted by atomic mass is 10.1. The second kappa shape index (κ2) is 11.1. The zero-order chi connectivity index (χ0) is 25.5. The van der Waals surface area contributed by atoms with E-state index in [1.54, 1.807) is 55.8 Å². The first-order chi connectivity index (χ1) is 17.5. The molecule has 4 aromatic rings. The fraction of sp³-hybridized carbons (Fsp3) is 0.115. The van der Waals surface area contributed by atoms with E-state index in [9.17, 15) is 13.6 Å². The summed E-state index contributed by atoms with van der Waals surface area (Å²) < 4.78 is 43.4. The van der Waals surface area contributed by atoms with E-state index in [1.807, 2.05) is 0 Å². The van der Waals surface area contributed by atoms with E-state index in [0.29, 0.717) is 58.8 Å². The van der Waals surface area contributed by atoms with Crippen molar-refractivity contribution < 1.29 is 27.8 Å². The van der Waals surface area contributed by atoms with E-state index in [0.717, 1.165) is 12.1 Å². The molecular weight excluding hydrogens is 470 g/mol. The first kappa shape index (κ1) is 24.4. The molecule has 182 valence electrons. The molecule has 10 heteroatoms. The van der Waals surface area contributed by atoms with E-state index in [-0.39, 0.29) is 5.69 Å². The Morgan fingerprint density at radius 3 is 2.53 bits per heavy atom. The Morgan fingerprint density at radius 1 is 1.00 bits per heavy atom. The Balaban J connectivity index is 1.46.